The predicted octanol–water partition coefficient (Wildman–Crippen LogP) is 4.61. The first-order chi connectivity index (χ1) is 15.2. The van der Waals surface area contributed by atoms with Gasteiger partial charge in [-0.3, -0.25) is 9.78 Å². The molecule has 1 spiro atoms. The molecule has 0 bridgehead atoms. The third-order valence-electron chi connectivity index (χ3n) is 11.0. The minimum atomic E-state index is -0.859. The molecule has 32 heavy (non-hydrogen) atoms. The van der Waals surface area contributed by atoms with E-state index >= 15 is 0 Å². The molecule has 0 radical (unpaired) electrons. The average molecular weight is 442 g/mol. The lowest BCUT2D eigenvalue weighted by molar-refractivity contribution is -0.229. The smallest absolute Gasteiger partial charge is 0.302 e. The summed E-state index contributed by atoms with van der Waals surface area (Å²) < 4.78 is 5.54. The van der Waals surface area contributed by atoms with Crippen molar-refractivity contribution in [2.75, 3.05) is 6.61 Å². The van der Waals surface area contributed by atoms with Crippen LogP contribution in [0, 0.1) is 34.0 Å². The van der Waals surface area contributed by atoms with Crippen LogP contribution in [-0.2, 0) is 15.1 Å². The van der Waals surface area contributed by atoms with Gasteiger partial charge < -0.3 is 14.9 Å². The van der Waals surface area contributed by atoms with Crippen molar-refractivity contribution in [2.24, 2.45) is 34.0 Å². The summed E-state index contributed by atoms with van der Waals surface area (Å²) in [6, 6.07) is 5.92. The highest BCUT2D eigenvalue weighted by atomic mass is 16.5. The Labute approximate surface area is 192 Å². The Morgan fingerprint density at radius 3 is 2.50 bits per heavy atom. The number of aromatic nitrogens is 1. The number of hydrogen-bond acceptors (Lipinski definition) is 5. The van der Waals surface area contributed by atoms with Crippen LogP contribution < -0.4 is 0 Å². The lowest BCUT2D eigenvalue weighted by Crippen LogP contribution is -2.63. The number of ether oxygens (including phenoxy) is 1. The van der Waals surface area contributed by atoms with Crippen LogP contribution in [0.5, 0.6) is 0 Å². The predicted molar refractivity (Wildman–Crippen MR) is 121 cm³/mol. The zero-order valence-corrected chi connectivity index (χ0v) is 19.8. The second-order valence-electron chi connectivity index (χ2n) is 11.7. The summed E-state index contributed by atoms with van der Waals surface area (Å²) in [6.07, 6.45) is 10.7. The van der Waals surface area contributed by atoms with Crippen LogP contribution in [0.1, 0.15) is 84.3 Å². The molecule has 0 aromatic carbocycles. The maximum absolute atomic E-state index is 12.1. The van der Waals surface area contributed by atoms with Crippen molar-refractivity contribution in [2.45, 2.75) is 90.3 Å². The third kappa shape index (κ3) is 2.82. The molecule has 5 heteroatoms. The van der Waals surface area contributed by atoms with Gasteiger partial charge in [0.15, 0.2) is 0 Å². The standard InChI is InChI=1S/C27H39NO4/c1-18(30)32-20-7-10-24(2,19(16-20)17-29)21-8-11-25(3)26(12-9-22(21)26)13-14-27(25,31)23-6-4-5-15-28-23/h4-6,15,19-22,29,31H,7-14,16-17H2,1-3H3/t19-,20+,21+,22-,24+,25+,26+,27-/m1/s1. The Morgan fingerprint density at radius 1 is 1.09 bits per heavy atom. The summed E-state index contributed by atoms with van der Waals surface area (Å²) in [5, 5.41) is 22.4. The van der Waals surface area contributed by atoms with Gasteiger partial charge in [-0.05, 0) is 98.5 Å². The van der Waals surface area contributed by atoms with Gasteiger partial charge in [0.2, 0.25) is 0 Å². The molecule has 0 saturated heterocycles. The molecule has 0 amide bonds. The molecule has 5 rings (SSSR count). The van der Waals surface area contributed by atoms with Crippen molar-refractivity contribution in [3.8, 4) is 0 Å². The molecular weight excluding hydrogens is 402 g/mol. The Kier molecular flexibility index (Phi) is 5.25. The van der Waals surface area contributed by atoms with Gasteiger partial charge in [-0.15, -0.1) is 0 Å². The van der Waals surface area contributed by atoms with Gasteiger partial charge in [-0.1, -0.05) is 19.9 Å². The number of rotatable bonds is 4. The molecule has 1 aromatic rings. The number of hydrogen-bond donors (Lipinski definition) is 2. The fraction of sp³-hybridized carbons (Fsp3) is 0.778. The van der Waals surface area contributed by atoms with Crippen LogP contribution >= 0.6 is 0 Å². The second kappa shape index (κ2) is 7.53. The van der Waals surface area contributed by atoms with Crippen molar-refractivity contribution < 1.29 is 19.7 Å². The molecule has 5 nitrogen and oxygen atoms in total. The quantitative estimate of drug-likeness (QED) is 0.667. The maximum atomic E-state index is 12.1. The van der Waals surface area contributed by atoms with Crippen LogP contribution in [0.2, 0.25) is 0 Å². The first kappa shape index (κ1) is 22.3. The van der Waals surface area contributed by atoms with E-state index in [-0.39, 0.29) is 40.8 Å². The van der Waals surface area contributed by atoms with Crippen LogP contribution in [0.4, 0.5) is 0 Å². The van der Waals surface area contributed by atoms with Crippen molar-refractivity contribution in [3.63, 3.8) is 0 Å². The molecule has 1 heterocycles. The molecule has 176 valence electrons. The number of pyridine rings is 1. The molecule has 4 saturated carbocycles. The van der Waals surface area contributed by atoms with Gasteiger partial charge in [0.1, 0.15) is 11.7 Å². The van der Waals surface area contributed by atoms with Gasteiger partial charge in [-0.2, -0.15) is 0 Å². The van der Waals surface area contributed by atoms with Gasteiger partial charge in [0.05, 0.1) is 5.69 Å². The Hall–Kier alpha value is -1.46. The van der Waals surface area contributed by atoms with Crippen molar-refractivity contribution in [3.05, 3.63) is 30.1 Å². The number of aliphatic hydroxyl groups is 2. The van der Waals surface area contributed by atoms with Gasteiger partial charge in [0, 0.05) is 25.1 Å². The molecule has 4 aliphatic rings. The first-order valence-electron chi connectivity index (χ1n) is 12.6. The Bertz CT molecular complexity index is 876. The topological polar surface area (TPSA) is 79.7 Å². The first-order valence-corrected chi connectivity index (χ1v) is 12.6. The number of carbonyl (C=O) groups excluding carboxylic acids is 1. The largest absolute Gasteiger partial charge is 0.463 e. The summed E-state index contributed by atoms with van der Waals surface area (Å²) >= 11 is 0. The van der Waals surface area contributed by atoms with Gasteiger partial charge in [-0.25, -0.2) is 0 Å². The molecule has 8 atom stereocenters. The third-order valence-corrected chi connectivity index (χ3v) is 11.0. The molecule has 0 aliphatic heterocycles. The normalized spacial score (nSPS) is 47.8. The summed E-state index contributed by atoms with van der Waals surface area (Å²) in [5.41, 5.74) is 0.0366. The van der Waals surface area contributed by atoms with E-state index < -0.39 is 5.60 Å². The minimum absolute atomic E-state index is 0.0521. The van der Waals surface area contributed by atoms with Crippen LogP contribution in [0.3, 0.4) is 0 Å². The number of nitrogens with zero attached hydrogens (tertiary/aromatic N) is 1. The maximum Gasteiger partial charge on any atom is 0.302 e. The van der Waals surface area contributed by atoms with Crippen LogP contribution in [0.15, 0.2) is 24.4 Å². The molecular formula is C27H39NO4. The summed E-state index contributed by atoms with van der Waals surface area (Å²) in [6.45, 7) is 6.35. The minimum Gasteiger partial charge on any atom is -0.463 e. The zero-order valence-electron chi connectivity index (χ0n) is 19.8. The van der Waals surface area contributed by atoms with E-state index in [1.165, 1.54) is 19.8 Å². The van der Waals surface area contributed by atoms with E-state index in [0.29, 0.717) is 11.8 Å². The van der Waals surface area contributed by atoms with Crippen LogP contribution in [0.25, 0.3) is 0 Å². The van der Waals surface area contributed by atoms with E-state index in [1.54, 1.807) is 6.20 Å². The number of carbonyl (C=O) groups is 1. The zero-order chi connectivity index (χ0) is 22.8. The summed E-state index contributed by atoms with van der Waals surface area (Å²) in [5.74, 6) is 1.07. The molecule has 4 aliphatic carbocycles. The fourth-order valence-electron chi connectivity index (χ4n) is 9.01. The highest BCUT2D eigenvalue weighted by molar-refractivity contribution is 5.66. The number of aliphatic hydroxyl groups excluding tert-OH is 1. The van der Waals surface area contributed by atoms with Gasteiger partial charge >= 0.3 is 5.97 Å². The van der Waals surface area contributed by atoms with E-state index in [1.807, 2.05) is 18.2 Å². The SMILES string of the molecule is CC(=O)O[C@H]1CC[C@](C)([C@H]2CC[C@@]3(C)[C@@]4(CC[C@H]24)CC[C@@]3(O)c2ccccn2)[C@@H](CO)C1. The van der Waals surface area contributed by atoms with Crippen molar-refractivity contribution in [1.82, 2.24) is 4.98 Å². The van der Waals surface area contributed by atoms with E-state index in [4.69, 9.17) is 4.74 Å². The van der Waals surface area contributed by atoms with E-state index in [2.05, 4.69) is 18.8 Å². The average Bonchev–Trinajstić information content (AvgIpc) is 3.02. The highest BCUT2D eigenvalue weighted by Crippen LogP contribution is 2.79. The Morgan fingerprint density at radius 2 is 1.88 bits per heavy atom. The molecule has 0 unspecified atom stereocenters. The number of esters is 1. The molecule has 1 aromatic heterocycles. The van der Waals surface area contributed by atoms with Gasteiger partial charge in [0.25, 0.3) is 0 Å². The van der Waals surface area contributed by atoms with Crippen LogP contribution in [-0.4, -0.2) is 33.9 Å². The summed E-state index contributed by atoms with van der Waals surface area (Å²) in [4.78, 5) is 16.1. The van der Waals surface area contributed by atoms with E-state index in [9.17, 15) is 15.0 Å². The second-order valence-corrected chi connectivity index (χ2v) is 11.7. The van der Waals surface area contributed by atoms with Crippen molar-refractivity contribution >= 4 is 5.97 Å². The molecule has 2 N–H and O–H groups in total. The lowest BCUT2D eigenvalue weighted by Gasteiger charge is -2.68. The molecule has 4 fully saturated rings. The van der Waals surface area contributed by atoms with Crippen molar-refractivity contribution in [1.29, 1.82) is 0 Å². The fourth-order valence-corrected chi connectivity index (χ4v) is 9.01. The summed E-state index contributed by atoms with van der Waals surface area (Å²) in [7, 11) is 0. The van der Waals surface area contributed by atoms with E-state index in [0.717, 1.165) is 50.6 Å². The Balaban J connectivity index is 1.43. The highest BCUT2D eigenvalue weighted by Gasteiger charge is 2.74. The monoisotopic (exact) mass is 441 g/mol. The lowest BCUT2D eigenvalue weighted by atomic mass is 9.36.